The van der Waals surface area contributed by atoms with Crippen molar-refractivity contribution in [2.24, 2.45) is 0 Å². The van der Waals surface area contributed by atoms with E-state index in [1.807, 2.05) is 0 Å². The number of rotatable bonds is 40. The third-order valence-electron chi connectivity index (χ3n) is 11.0. The highest BCUT2D eigenvalue weighted by molar-refractivity contribution is 7.85. The van der Waals surface area contributed by atoms with Crippen molar-refractivity contribution >= 4 is 22.1 Å². The number of ether oxygens (including phenoxy) is 4. The second-order valence-electron chi connectivity index (χ2n) is 16.8. The summed E-state index contributed by atoms with van der Waals surface area (Å²) in [6.45, 7) is 3.74. The first kappa shape index (κ1) is 56.1. The zero-order valence-corrected chi connectivity index (χ0v) is 38.4. The van der Waals surface area contributed by atoms with Gasteiger partial charge in [-0.05, 0) is 57.8 Å². The van der Waals surface area contributed by atoms with Crippen molar-refractivity contribution in [1.29, 1.82) is 0 Å². The van der Waals surface area contributed by atoms with Crippen molar-refractivity contribution in [2.75, 3.05) is 19.0 Å². The van der Waals surface area contributed by atoms with Gasteiger partial charge in [0.2, 0.25) is 0 Å². The quantitative estimate of drug-likeness (QED) is 0.0198. The van der Waals surface area contributed by atoms with Crippen LogP contribution in [0.5, 0.6) is 0 Å². The molecule has 0 bridgehead atoms. The van der Waals surface area contributed by atoms with Gasteiger partial charge in [-0.1, -0.05) is 160 Å². The van der Waals surface area contributed by atoms with E-state index in [1.165, 1.54) is 116 Å². The molecule has 1 heterocycles. The Morgan fingerprint density at radius 1 is 0.550 bits per heavy atom. The molecule has 6 atom stereocenters. The predicted octanol–water partition coefficient (Wildman–Crippen LogP) is 10.0. The maximum absolute atomic E-state index is 12.8. The summed E-state index contributed by atoms with van der Waals surface area (Å²) in [7, 11) is -4.60. The molecule has 0 amide bonds. The van der Waals surface area contributed by atoms with Crippen LogP contribution in [-0.2, 0) is 38.7 Å². The van der Waals surface area contributed by atoms with Gasteiger partial charge < -0.3 is 34.3 Å². The molecule has 12 nitrogen and oxygen atoms in total. The van der Waals surface area contributed by atoms with Crippen molar-refractivity contribution < 1.29 is 56.8 Å². The first-order valence-corrected chi connectivity index (χ1v) is 25.5. The SMILES string of the molecule is CCCC/C=C/CCCCCCCCCCCC(=O)OC[C@H](CO[C@H]1O[C@H](CS(=O)(=O)O)[C@@H](O)C(O)C1O)OC(=O)CCCCCCCCC/C=C/CCCCCCCC. The van der Waals surface area contributed by atoms with E-state index in [0.717, 1.165) is 51.4 Å². The van der Waals surface area contributed by atoms with Crippen molar-refractivity contribution in [3.63, 3.8) is 0 Å². The first-order chi connectivity index (χ1) is 29.0. The van der Waals surface area contributed by atoms with Gasteiger partial charge in [-0.15, -0.1) is 0 Å². The van der Waals surface area contributed by atoms with Crippen LogP contribution in [0.1, 0.15) is 206 Å². The van der Waals surface area contributed by atoms with Crippen LogP contribution in [0.3, 0.4) is 0 Å². The molecule has 2 unspecified atom stereocenters. The summed E-state index contributed by atoms with van der Waals surface area (Å²) in [6.07, 6.45) is 32.1. The Bertz CT molecular complexity index is 1210. The number of carbonyl (C=O) groups is 2. The second-order valence-corrected chi connectivity index (χ2v) is 18.3. The van der Waals surface area contributed by atoms with E-state index in [-0.39, 0.29) is 19.4 Å². The first-order valence-electron chi connectivity index (χ1n) is 23.9. The lowest BCUT2D eigenvalue weighted by molar-refractivity contribution is -0.297. The standard InChI is InChI=1S/C47H86O12S/c1-3-5-7-9-11-13-15-17-19-20-22-24-26-28-30-32-34-36-43(49)58-40(38-57-47-46(52)45(51)44(50)41(59-47)39-60(53,54)55)37-56-42(48)35-33-31-29-27-25-23-21-18-16-14-12-10-8-6-4-2/h10,12,17,19,40-41,44-47,50-52H,3-9,11,13-16,18,20-39H2,1-2H3,(H,53,54,55)/b12-10+,19-17+/t40-,41-,44-,45?,46?,47+/m1/s1. The third kappa shape index (κ3) is 31.9. The van der Waals surface area contributed by atoms with E-state index in [9.17, 15) is 37.9 Å². The normalized spacial score (nSPS) is 20.3. The summed E-state index contributed by atoms with van der Waals surface area (Å²) >= 11 is 0. The molecule has 0 spiro atoms. The fourth-order valence-corrected chi connectivity index (χ4v) is 7.93. The average Bonchev–Trinajstić information content (AvgIpc) is 3.21. The minimum atomic E-state index is -4.60. The Morgan fingerprint density at radius 3 is 1.43 bits per heavy atom. The molecular formula is C47H86O12S. The van der Waals surface area contributed by atoms with E-state index in [4.69, 9.17) is 18.9 Å². The number of aliphatic hydroxyl groups is 3. The average molecular weight is 875 g/mol. The maximum Gasteiger partial charge on any atom is 0.306 e. The zero-order chi connectivity index (χ0) is 44.1. The number of hydrogen-bond donors (Lipinski definition) is 4. The van der Waals surface area contributed by atoms with Gasteiger partial charge in [0.25, 0.3) is 10.1 Å². The summed E-state index contributed by atoms with van der Waals surface area (Å²) in [4.78, 5) is 25.4. The van der Waals surface area contributed by atoms with Gasteiger partial charge in [-0.2, -0.15) is 8.42 Å². The number of carbonyl (C=O) groups excluding carboxylic acids is 2. The van der Waals surface area contributed by atoms with Crippen LogP contribution in [0.2, 0.25) is 0 Å². The number of unbranched alkanes of at least 4 members (excludes halogenated alkanes) is 24. The van der Waals surface area contributed by atoms with Crippen molar-refractivity contribution in [2.45, 2.75) is 243 Å². The fraction of sp³-hybridized carbons (Fsp3) is 0.872. The smallest absolute Gasteiger partial charge is 0.306 e. The lowest BCUT2D eigenvalue weighted by Gasteiger charge is -2.40. The predicted molar refractivity (Wildman–Crippen MR) is 238 cm³/mol. The van der Waals surface area contributed by atoms with Gasteiger partial charge >= 0.3 is 11.9 Å². The second kappa shape index (κ2) is 37.7. The molecule has 0 saturated carbocycles. The minimum absolute atomic E-state index is 0.161. The monoisotopic (exact) mass is 875 g/mol. The summed E-state index contributed by atoms with van der Waals surface area (Å²) in [5, 5.41) is 30.9. The molecule has 0 aromatic rings. The highest BCUT2D eigenvalue weighted by Gasteiger charge is 2.46. The molecule has 0 aliphatic carbocycles. The largest absolute Gasteiger partial charge is 0.462 e. The van der Waals surface area contributed by atoms with E-state index >= 15 is 0 Å². The highest BCUT2D eigenvalue weighted by Crippen LogP contribution is 2.24. The van der Waals surface area contributed by atoms with Crippen LogP contribution in [-0.4, -0.2) is 96.0 Å². The third-order valence-corrected chi connectivity index (χ3v) is 11.8. The molecular weight excluding hydrogens is 789 g/mol. The molecule has 1 aliphatic rings. The van der Waals surface area contributed by atoms with Crippen LogP contribution in [0.4, 0.5) is 0 Å². The van der Waals surface area contributed by atoms with Crippen LogP contribution in [0, 0.1) is 0 Å². The lowest BCUT2D eigenvalue weighted by atomic mass is 10.00. The van der Waals surface area contributed by atoms with Crippen LogP contribution in [0.25, 0.3) is 0 Å². The molecule has 352 valence electrons. The topological polar surface area (TPSA) is 186 Å². The van der Waals surface area contributed by atoms with E-state index in [0.29, 0.717) is 12.8 Å². The number of hydrogen-bond acceptors (Lipinski definition) is 11. The molecule has 1 fully saturated rings. The van der Waals surface area contributed by atoms with Crippen molar-refractivity contribution in [3.8, 4) is 0 Å². The van der Waals surface area contributed by atoms with Gasteiger partial charge in [0.05, 0.1) is 6.61 Å². The van der Waals surface area contributed by atoms with E-state index < -0.39 is 71.2 Å². The maximum atomic E-state index is 12.8. The van der Waals surface area contributed by atoms with Crippen LogP contribution < -0.4 is 0 Å². The number of aliphatic hydroxyl groups excluding tert-OH is 3. The minimum Gasteiger partial charge on any atom is -0.462 e. The molecule has 1 aliphatic heterocycles. The van der Waals surface area contributed by atoms with Crippen LogP contribution in [0.15, 0.2) is 24.3 Å². The van der Waals surface area contributed by atoms with Gasteiger partial charge in [0.15, 0.2) is 12.4 Å². The van der Waals surface area contributed by atoms with Gasteiger partial charge in [0, 0.05) is 12.8 Å². The Morgan fingerprint density at radius 2 is 0.967 bits per heavy atom. The number of esters is 2. The Kier molecular flexibility index (Phi) is 35.2. The van der Waals surface area contributed by atoms with Gasteiger partial charge in [-0.3, -0.25) is 14.1 Å². The molecule has 1 saturated heterocycles. The van der Waals surface area contributed by atoms with E-state index in [1.54, 1.807) is 0 Å². The molecule has 4 N–H and O–H groups in total. The zero-order valence-electron chi connectivity index (χ0n) is 37.6. The van der Waals surface area contributed by atoms with E-state index in [2.05, 4.69) is 38.2 Å². The van der Waals surface area contributed by atoms with Crippen molar-refractivity contribution in [1.82, 2.24) is 0 Å². The molecule has 0 radical (unpaired) electrons. The molecule has 0 aromatic heterocycles. The van der Waals surface area contributed by atoms with Gasteiger partial charge in [-0.25, -0.2) is 0 Å². The Balaban J connectivity index is 2.42. The van der Waals surface area contributed by atoms with Crippen molar-refractivity contribution in [3.05, 3.63) is 24.3 Å². The summed E-state index contributed by atoms with van der Waals surface area (Å²) in [5.74, 6) is -1.98. The Labute approximate surface area is 364 Å². The Hall–Kier alpha value is -1.87. The summed E-state index contributed by atoms with van der Waals surface area (Å²) < 4.78 is 54.1. The fourth-order valence-electron chi connectivity index (χ4n) is 7.24. The summed E-state index contributed by atoms with van der Waals surface area (Å²) in [6, 6.07) is 0. The van der Waals surface area contributed by atoms with Crippen LogP contribution >= 0.6 is 0 Å². The summed E-state index contributed by atoms with van der Waals surface area (Å²) in [5.41, 5.74) is 0. The number of allylic oxidation sites excluding steroid dienone is 4. The molecule has 0 aromatic carbocycles. The molecule has 60 heavy (non-hydrogen) atoms. The lowest BCUT2D eigenvalue weighted by Crippen LogP contribution is -2.60. The molecule has 13 heteroatoms. The molecule has 1 rings (SSSR count). The highest BCUT2D eigenvalue weighted by atomic mass is 32.2. The van der Waals surface area contributed by atoms with Gasteiger partial charge in [0.1, 0.15) is 36.8 Å².